The molecule has 0 saturated heterocycles. The third-order valence-electron chi connectivity index (χ3n) is 5.93. The second kappa shape index (κ2) is 10.5. The van der Waals surface area contributed by atoms with Gasteiger partial charge < -0.3 is 10.6 Å². The monoisotopic (exact) mass is 542 g/mol. The Morgan fingerprint density at radius 3 is 2.42 bits per heavy atom. The number of nitrogens with zero attached hydrogens (tertiary/aromatic N) is 2. The molecule has 0 atom stereocenters. The quantitative estimate of drug-likeness (QED) is 0.286. The van der Waals surface area contributed by atoms with E-state index in [0.717, 1.165) is 12.1 Å². The van der Waals surface area contributed by atoms with Crippen LogP contribution in [0, 0.1) is 5.41 Å². The lowest BCUT2D eigenvalue weighted by Crippen LogP contribution is -2.34. The van der Waals surface area contributed by atoms with Gasteiger partial charge in [0.25, 0.3) is 5.91 Å². The van der Waals surface area contributed by atoms with Gasteiger partial charge in [0, 0.05) is 17.3 Å². The zero-order chi connectivity index (χ0) is 27.7. The number of nitrogens with one attached hydrogen (secondary N) is 2. The number of carbonyl (C=O) groups excluding carboxylic acids is 2. The molecule has 6 nitrogen and oxygen atoms in total. The highest BCUT2D eigenvalue weighted by Crippen LogP contribution is 2.30. The third-order valence-corrected chi connectivity index (χ3v) is 6.26. The van der Waals surface area contributed by atoms with Crippen LogP contribution in [0.3, 0.4) is 0 Å². The van der Waals surface area contributed by atoms with Gasteiger partial charge in [0.2, 0.25) is 5.91 Å². The van der Waals surface area contributed by atoms with E-state index in [9.17, 15) is 22.8 Å². The molecular weight excluding hydrogens is 517 g/mol. The molecule has 0 bridgehead atoms. The molecule has 0 spiro atoms. The van der Waals surface area contributed by atoms with Crippen molar-refractivity contribution >= 4 is 40.0 Å². The first-order chi connectivity index (χ1) is 17.8. The number of hydrogen-bond acceptors (Lipinski definition) is 3. The van der Waals surface area contributed by atoms with E-state index in [-0.39, 0.29) is 29.6 Å². The molecule has 3 aromatic carbocycles. The predicted octanol–water partition coefficient (Wildman–Crippen LogP) is 6.67. The van der Waals surface area contributed by atoms with E-state index in [4.69, 9.17) is 11.6 Å². The van der Waals surface area contributed by atoms with E-state index in [0.29, 0.717) is 27.7 Å². The van der Waals surface area contributed by atoms with Crippen LogP contribution in [0.25, 0.3) is 10.9 Å². The van der Waals surface area contributed by atoms with Crippen LogP contribution in [0.1, 0.15) is 47.8 Å². The number of anilines is 1. The fraction of sp³-hybridized carbons (Fsp3) is 0.250. The largest absolute Gasteiger partial charge is 0.416 e. The van der Waals surface area contributed by atoms with Crippen LogP contribution in [0.2, 0.25) is 5.02 Å². The zero-order valence-corrected chi connectivity index (χ0v) is 21.7. The molecule has 0 radical (unpaired) electrons. The molecule has 2 N–H and O–H groups in total. The molecule has 0 saturated carbocycles. The van der Waals surface area contributed by atoms with Crippen LogP contribution in [0.15, 0.2) is 66.9 Å². The van der Waals surface area contributed by atoms with Crippen LogP contribution >= 0.6 is 11.6 Å². The molecule has 0 aliphatic carbocycles. The first-order valence-electron chi connectivity index (χ1n) is 11.8. The maximum Gasteiger partial charge on any atom is 0.416 e. The van der Waals surface area contributed by atoms with Crippen LogP contribution in [-0.4, -0.2) is 21.6 Å². The molecular formula is C28H26ClF3N4O2. The maximum atomic E-state index is 13.1. The Labute approximate surface area is 222 Å². The molecule has 0 aliphatic rings. The molecule has 2 amide bonds. The number of halogens is 4. The van der Waals surface area contributed by atoms with Crippen LogP contribution in [-0.2, 0) is 24.1 Å². The van der Waals surface area contributed by atoms with Gasteiger partial charge in [-0.25, -0.2) is 0 Å². The fourth-order valence-corrected chi connectivity index (χ4v) is 4.05. The molecule has 4 aromatic rings. The van der Waals surface area contributed by atoms with Gasteiger partial charge in [-0.1, -0.05) is 56.6 Å². The molecule has 0 aliphatic heterocycles. The number of alkyl halides is 3. The normalized spacial score (nSPS) is 12.0. The number of aromatic nitrogens is 2. The minimum Gasteiger partial charge on any atom is -0.352 e. The van der Waals surface area contributed by atoms with E-state index < -0.39 is 23.1 Å². The fourth-order valence-electron chi connectivity index (χ4n) is 3.85. The summed E-state index contributed by atoms with van der Waals surface area (Å²) < 4.78 is 40.9. The molecule has 1 heterocycles. The van der Waals surface area contributed by atoms with Crippen molar-refractivity contribution in [2.45, 2.75) is 40.0 Å². The summed E-state index contributed by atoms with van der Waals surface area (Å²) in [5.74, 6) is -0.565. The maximum absolute atomic E-state index is 13.1. The van der Waals surface area contributed by atoms with Gasteiger partial charge in [0.1, 0.15) is 0 Å². The van der Waals surface area contributed by atoms with Crippen molar-refractivity contribution in [3.8, 4) is 0 Å². The minimum absolute atomic E-state index is 0.118. The highest BCUT2D eigenvalue weighted by molar-refractivity contribution is 6.34. The lowest BCUT2D eigenvalue weighted by Gasteiger charge is -2.18. The van der Waals surface area contributed by atoms with Crippen molar-refractivity contribution < 1.29 is 22.8 Å². The highest BCUT2D eigenvalue weighted by Gasteiger charge is 2.30. The first kappa shape index (κ1) is 27.2. The van der Waals surface area contributed by atoms with Crippen LogP contribution in [0.4, 0.5) is 18.9 Å². The Morgan fingerprint density at radius 2 is 1.71 bits per heavy atom. The van der Waals surface area contributed by atoms with Crippen molar-refractivity contribution in [2.24, 2.45) is 5.41 Å². The smallest absolute Gasteiger partial charge is 0.352 e. The minimum atomic E-state index is -4.43. The number of hydrogen-bond donors (Lipinski definition) is 2. The van der Waals surface area contributed by atoms with E-state index in [1.807, 2.05) is 20.8 Å². The van der Waals surface area contributed by atoms with Crippen molar-refractivity contribution in [1.29, 1.82) is 0 Å². The summed E-state index contributed by atoms with van der Waals surface area (Å²) in [7, 11) is 0. The summed E-state index contributed by atoms with van der Waals surface area (Å²) in [4.78, 5) is 25.3. The van der Waals surface area contributed by atoms with Crippen LogP contribution in [0.5, 0.6) is 0 Å². The van der Waals surface area contributed by atoms with E-state index in [1.54, 1.807) is 53.3 Å². The molecule has 1 aromatic heterocycles. The Hall–Kier alpha value is -3.85. The van der Waals surface area contributed by atoms with Gasteiger partial charge in [-0.3, -0.25) is 14.3 Å². The second-order valence-corrected chi connectivity index (χ2v) is 10.3. The Kier molecular flexibility index (Phi) is 7.51. The van der Waals surface area contributed by atoms with Crippen molar-refractivity contribution in [3.63, 3.8) is 0 Å². The summed E-state index contributed by atoms with van der Waals surface area (Å²) in [6, 6.07) is 15.3. The Bertz CT molecular complexity index is 1510. The third kappa shape index (κ3) is 6.16. The summed E-state index contributed by atoms with van der Waals surface area (Å²) in [5, 5.41) is 10.9. The van der Waals surface area contributed by atoms with Crippen molar-refractivity contribution in [1.82, 2.24) is 15.1 Å². The van der Waals surface area contributed by atoms with Gasteiger partial charge in [-0.15, -0.1) is 0 Å². The first-order valence-corrected chi connectivity index (χ1v) is 12.2. The molecule has 38 heavy (non-hydrogen) atoms. The topological polar surface area (TPSA) is 76.0 Å². The standard InChI is InChI=1S/C28H26ClF3N4O2/c1-27(2,3)26(38)33-14-17-10-11-22(29)20(13-17)25(37)35-23-8-5-9-24-21(23)15-34-36(24)16-18-6-4-7-19(12-18)28(30,31)32/h4-13,15H,14,16H2,1-3H3,(H,33,38)(H,35,37). The molecule has 0 fully saturated rings. The summed E-state index contributed by atoms with van der Waals surface area (Å²) in [5.41, 5.74) is 1.25. The lowest BCUT2D eigenvalue weighted by atomic mass is 9.95. The number of fused-ring (bicyclic) bond motifs is 1. The molecule has 4 rings (SSSR count). The van der Waals surface area contributed by atoms with Crippen molar-refractivity contribution in [3.05, 3.63) is 94.1 Å². The van der Waals surface area contributed by atoms with E-state index in [2.05, 4.69) is 15.7 Å². The average Bonchev–Trinajstić information content (AvgIpc) is 3.26. The van der Waals surface area contributed by atoms with Gasteiger partial charge in [0.05, 0.1) is 40.1 Å². The SMILES string of the molecule is CC(C)(C)C(=O)NCc1ccc(Cl)c(C(=O)Nc2cccc3c2cnn3Cc2cccc(C(F)(F)F)c2)c1. The number of benzene rings is 3. The second-order valence-electron chi connectivity index (χ2n) is 9.94. The van der Waals surface area contributed by atoms with E-state index >= 15 is 0 Å². The number of rotatable bonds is 6. The summed E-state index contributed by atoms with van der Waals surface area (Å²) in [6.07, 6.45) is -2.88. The molecule has 198 valence electrons. The molecule has 10 heteroatoms. The van der Waals surface area contributed by atoms with Crippen molar-refractivity contribution in [2.75, 3.05) is 5.32 Å². The van der Waals surface area contributed by atoms with Gasteiger partial charge in [-0.05, 0) is 47.5 Å². The van der Waals surface area contributed by atoms with Gasteiger partial charge in [-0.2, -0.15) is 18.3 Å². The lowest BCUT2D eigenvalue weighted by molar-refractivity contribution is -0.137. The van der Waals surface area contributed by atoms with Crippen LogP contribution < -0.4 is 10.6 Å². The number of carbonyl (C=O) groups is 2. The molecule has 0 unspecified atom stereocenters. The predicted molar refractivity (Wildman–Crippen MR) is 141 cm³/mol. The average molecular weight is 543 g/mol. The highest BCUT2D eigenvalue weighted by atomic mass is 35.5. The van der Waals surface area contributed by atoms with Gasteiger partial charge in [0.15, 0.2) is 0 Å². The number of amides is 2. The Balaban J connectivity index is 1.54. The summed E-state index contributed by atoms with van der Waals surface area (Å²) >= 11 is 6.31. The zero-order valence-electron chi connectivity index (χ0n) is 21.0. The Morgan fingerprint density at radius 1 is 0.974 bits per heavy atom. The summed E-state index contributed by atoms with van der Waals surface area (Å²) in [6.45, 7) is 5.80. The van der Waals surface area contributed by atoms with E-state index in [1.165, 1.54) is 6.07 Å². The van der Waals surface area contributed by atoms with Gasteiger partial charge >= 0.3 is 6.18 Å².